The van der Waals surface area contributed by atoms with E-state index in [1.54, 1.807) is 7.11 Å². The van der Waals surface area contributed by atoms with Crippen molar-refractivity contribution in [3.63, 3.8) is 0 Å². The zero-order valence-corrected chi connectivity index (χ0v) is 9.19. The SMILES string of the molecule is COc1cccc([C@H]2CN[C@@H](C)CO2)c1. The molecule has 82 valence electrons. The van der Waals surface area contributed by atoms with Gasteiger partial charge in [-0.15, -0.1) is 0 Å². The van der Waals surface area contributed by atoms with Gasteiger partial charge in [0, 0.05) is 12.6 Å². The third kappa shape index (κ3) is 2.49. The number of methoxy groups -OCH3 is 1. The van der Waals surface area contributed by atoms with Gasteiger partial charge in [-0.3, -0.25) is 0 Å². The van der Waals surface area contributed by atoms with Gasteiger partial charge in [0.25, 0.3) is 0 Å². The highest BCUT2D eigenvalue weighted by atomic mass is 16.5. The highest BCUT2D eigenvalue weighted by molar-refractivity contribution is 5.30. The van der Waals surface area contributed by atoms with E-state index < -0.39 is 0 Å². The molecular formula is C12H17NO2. The number of benzene rings is 1. The molecule has 0 aliphatic carbocycles. The van der Waals surface area contributed by atoms with Gasteiger partial charge in [0.1, 0.15) is 5.75 Å². The maximum Gasteiger partial charge on any atom is 0.119 e. The van der Waals surface area contributed by atoms with Crippen molar-refractivity contribution in [2.24, 2.45) is 0 Å². The minimum atomic E-state index is 0.149. The van der Waals surface area contributed by atoms with Crippen LogP contribution in [0.1, 0.15) is 18.6 Å². The van der Waals surface area contributed by atoms with Crippen molar-refractivity contribution in [1.82, 2.24) is 5.32 Å². The largest absolute Gasteiger partial charge is 0.497 e. The number of rotatable bonds is 2. The Kier molecular flexibility index (Phi) is 3.23. The van der Waals surface area contributed by atoms with E-state index in [9.17, 15) is 0 Å². The number of ether oxygens (including phenoxy) is 2. The van der Waals surface area contributed by atoms with Crippen LogP contribution in [0.3, 0.4) is 0 Å². The number of hydrogen-bond donors (Lipinski definition) is 1. The molecule has 1 heterocycles. The summed E-state index contributed by atoms with van der Waals surface area (Å²) < 4.78 is 10.9. The van der Waals surface area contributed by atoms with Gasteiger partial charge in [-0.1, -0.05) is 12.1 Å². The third-order valence-corrected chi connectivity index (χ3v) is 2.66. The molecule has 0 amide bonds. The summed E-state index contributed by atoms with van der Waals surface area (Å²) in [5, 5.41) is 3.40. The first-order valence-corrected chi connectivity index (χ1v) is 5.28. The lowest BCUT2D eigenvalue weighted by molar-refractivity contribution is 0.00686. The Morgan fingerprint density at radius 3 is 3.00 bits per heavy atom. The Hall–Kier alpha value is -1.06. The molecular weight excluding hydrogens is 190 g/mol. The maximum absolute atomic E-state index is 5.76. The fourth-order valence-electron chi connectivity index (χ4n) is 1.74. The van der Waals surface area contributed by atoms with E-state index in [0.717, 1.165) is 18.9 Å². The summed E-state index contributed by atoms with van der Waals surface area (Å²) in [6, 6.07) is 8.50. The van der Waals surface area contributed by atoms with Gasteiger partial charge in [-0.05, 0) is 24.6 Å². The molecule has 3 nitrogen and oxygen atoms in total. The van der Waals surface area contributed by atoms with Gasteiger partial charge in [0.05, 0.1) is 19.8 Å². The lowest BCUT2D eigenvalue weighted by Crippen LogP contribution is -2.40. The first-order chi connectivity index (χ1) is 7.29. The highest BCUT2D eigenvalue weighted by Gasteiger charge is 2.19. The van der Waals surface area contributed by atoms with Crippen LogP contribution >= 0.6 is 0 Å². The van der Waals surface area contributed by atoms with Crippen LogP contribution in [0.4, 0.5) is 0 Å². The van der Waals surface area contributed by atoms with Crippen LogP contribution in [0.15, 0.2) is 24.3 Å². The van der Waals surface area contributed by atoms with E-state index in [2.05, 4.69) is 18.3 Å². The summed E-state index contributed by atoms with van der Waals surface area (Å²) in [6.45, 7) is 3.76. The zero-order chi connectivity index (χ0) is 10.7. The van der Waals surface area contributed by atoms with Crippen molar-refractivity contribution >= 4 is 0 Å². The highest BCUT2D eigenvalue weighted by Crippen LogP contribution is 2.23. The van der Waals surface area contributed by atoms with Gasteiger partial charge in [0.2, 0.25) is 0 Å². The van der Waals surface area contributed by atoms with Gasteiger partial charge < -0.3 is 14.8 Å². The fourth-order valence-corrected chi connectivity index (χ4v) is 1.74. The molecule has 0 radical (unpaired) electrons. The molecule has 3 heteroatoms. The van der Waals surface area contributed by atoms with Crippen LogP contribution in [0, 0.1) is 0 Å². The second kappa shape index (κ2) is 4.64. The lowest BCUT2D eigenvalue weighted by Gasteiger charge is -2.28. The summed E-state index contributed by atoms with van der Waals surface area (Å²) in [6.07, 6.45) is 0.149. The van der Waals surface area contributed by atoms with E-state index >= 15 is 0 Å². The van der Waals surface area contributed by atoms with E-state index in [1.807, 2.05) is 18.2 Å². The van der Waals surface area contributed by atoms with E-state index in [1.165, 1.54) is 5.56 Å². The Labute approximate surface area is 90.4 Å². The standard InChI is InChI=1S/C12H17NO2/c1-9-8-15-12(7-13-9)10-4-3-5-11(6-10)14-2/h3-6,9,12-13H,7-8H2,1-2H3/t9-,12+/m0/s1. The predicted octanol–water partition coefficient (Wildman–Crippen LogP) is 1.74. The first kappa shape index (κ1) is 10.5. The van der Waals surface area contributed by atoms with Crippen molar-refractivity contribution in [1.29, 1.82) is 0 Å². The molecule has 0 bridgehead atoms. The summed E-state index contributed by atoms with van der Waals surface area (Å²) in [5.41, 5.74) is 1.17. The molecule has 0 spiro atoms. The quantitative estimate of drug-likeness (QED) is 0.801. The lowest BCUT2D eigenvalue weighted by atomic mass is 10.1. The molecule has 1 N–H and O–H groups in total. The Bertz CT molecular complexity index is 319. The summed E-state index contributed by atoms with van der Waals surface area (Å²) in [4.78, 5) is 0. The van der Waals surface area contributed by atoms with Crippen LogP contribution in [0.2, 0.25) is 0 Å². The van der Waals surface area contributed by atoms with Crippen LogP contribution in [0.5, 0.6) is 5.75 Å². The molecule has 1 saturated heterocycles. The average Bonchev–Trinajstić information content (AvgIpc) is 2.30. The molecule has 0 unspecified atom stereocenters. The smallest absolute Gasteiger partial charge is 0.119 e. The normalized spacial score (nSPS) is 26.3. The van der Waals surface area contributed by atoms with E-state index in [-0.39, 0.29) is 6.10 Å². The molecule has 1 fully saturated rings. The molecule has 2 rings (SSSR count). The van der Waals surface area contributed by atoms with Gasteiger partial charge in [-0.2, -0.15) is 0 Å². The Balaban J connectivity index is 2.08. The van der Waals surface area contributed by atoms with Crippen molar-refractivity contribution in [2.45, 2.75) is 19.1 Å². The van der Waals surface area contributed by atoms with Crippen molar-refractivity contribution < 1.29 is 9.47 Å². The minimum Gasteiger partial charge on any atom is -0.497 e. The van der Waals surface area contributed by atoms with Crippen molar-refractivity contribution in [3.05, 3.63) is 29.8 Å². The molecule has 2 atom stereocenters. The van der Waals surface area contributed by atoms with Crippen molar-refractivity contribution in [2.75, 3.05) is 20.3 Å². The van der Waals surface area contributed by atoms with Crippen LogP contribution in [-0.2, 0) is 4.74 Å². The Morgan fingerprint density at radius 1 is 1.47 bits per heavy atom. The second-order valence-electron chi connectivity index (χ2n) is 3.91. The minimum absolute atomic E-state index is 0.149. The monoisotopic (exact) mass is 207 g/mol. The molecule has 1 aromatic rings. The maximum atomic E-state index is 5.76. The summed E-state index contributed by atoms with van der Waals surface area (Å²) in [7, 11) is 1.68. The van der Waals surface area contributed by atoms with Crippen LogP contribution in [-0.4, -0.2) is 26.3 Å². The third-order valence-electron chi connectivity index (χ3n) is 2.66. The molecule has 1 aliphatic rings. The Morgan fingerprint density at radius 2 is 2.33 bits per heavy atom. The second-order valence-corrected chi connectivity index (χ2v) is 3.91. The average molecular weight is 207 g/mol. The molecule has 1 aromatic carbocycles. The van der Waals surface area contributed by atoms with Crippen LogP contribution < -0.4 is 10.1 Å². The van der Waals surface area contributed by atoms with Gasteiger partial charge in [0.15, 0.2) is 0 Å². The number of hydrogen-bond acceptors (Lipinski definition) is 3. The van der Waals surface area contributed by atoms with Crippen LogP contribution in [0.25, 0.3) is 0 Å². The topological polar surface area (TPSA) is 30.5 Å². The summed E-state index contributed by atoms with van der Waals surface area (Å²) >= 11 is 0. The number of morpholine rings is 1. The summed E-state index contributed by atoms with van der Waals surface area (Å²) in [5.74, 6) is 0.884. The molecule has 0 aromatic heterocycles. The predicted molar refractivity (Wildman–Crippen MR) is 59.2 cm³/mol. The number of nitrogens with one attached hydrogen (secondary N) is 1. The van der Waals surface area contributed by atoms with E-state index in [0.29, 0.717) is 6.04 Å². The first-order valence-electron chi connectivity index (χ1n) is 5.28. The molecule has 0 saturated carbocycles. The molecule has 15 heavy (non-hydrogen) atoms. The fraction of sp³-hybridized carbons (Fsp3) is 0.500. The van der Waals surface area contributed by atoms with Gasteiger partial charge in [-0.25, -0.2) is 0 Å². The molecule has 1 aliphatic heterocycles. The van der Waals surface area contributed by atoms with Gasteiger partial charge >= 0.3 is 0 Å². The van der Waals surface area contributed by atoms with E-state index in [4.69, 9.17) is 9.47 Å². The zero-order valence-electron chi connectivity index (χ0n) is 9.19. The van der Waals surface area contributed by atoms with Crippen molar-refractivity contribution in [3.8, 4) is 5.75 Å².